The van der Waals surface area contributed by atoms with Gasteiger partial charge < -0.3 is 9.30 Å². The molecule has 0 aliphatic heterocycles. The molecule has 4 nitrogen and oxygen atoms in total. The standard InChI is InChI=1S/C12H12N2O2/c1-3-4-12(15)16-9-5-6-11-10(7-9)13-8-14(11)2/h3-8H,1-2H3/b4-3+. The Labute approximate surface area is 93.2 Å². The molecule has 1 aromatic carbocycles. The van der Waals surface area contributed by atoms with Crippen molar-refractivity contribution in [1.29, 1.82) is 0 Å². The van der Waals surface area contributed by atoms with Crippen molar-refractivity contribution in [1.82, 2.24) is 9.55 Å². The average molecular weight is 216 g/mol. The number of aromatic nitrogens is 2. The lowest BCUT2D eigenvalue weighted by atomic mass is 10.3. The molecule has 0 unspecified atom stereocenters. The molecule has 0 saturated heterocycles. The third-order valence-electron chi connectivity index (χ3n) is 2.22. The van der Waals surface area contributed by atoms with Crippen LogP contribution in [0.2, 0.25) is 0 Å². The van der Waals surface area contributed by atoms with Crippen molar-refractivity contribution in [3.8, 4) is 5.75 Å². The van der Waals surface area contributed by atoms with Gasteiger partial charge in [-0.05, 0) is 19.1 Å². The predicted octanol–water partition coefficient (Wildman–Crippen LogP) is 2.05. The Bertz CT molecular complexity index is 555. The SMILES string of the molecule is C/C=C/C(=O)Oc1ccc2c(c1)ncn2C. The molecule has 2 aromatic rings. The average Bonchev–Trinajstić information content (AvgIpc) is 2.60. The lowest BCUT2D eigenvalue weighted by Gasteiger charge is -2.01. The summed E-state index contributed by atoms with van der Waals surface area (Å²) >= 11 is 0. The molecule has 0 saturated carbocycles. The van der Waals surface area contributed by atoms with E-state index in [0.29, 0.717) is 5.75 Å². The number of benzene rings is 1. The second kappa shape index (κ2) is 4.18. The van der Waals surface area contributed by atoms with Gasteiger partial charge in [-0.15, -0.1) is 0 Å². The quantitative estimate of drug-likeness (QED) is 0.438. The number of carbonyl (C=O) groups is 1. The van der Waals surface area contributed by atoms with Gasteiger partial charge in [0.2, 0.25) is 0 Å². The normalized spacial score (nSPS) is 11.1. The summed E-state index contributed by atoms with van der Waals surface area (Å²) in [4.78, 5) is 15.4. The van der Waals surface area contributed by atoms with E-state index in [1.54, 1.807) is 31.5 Å². The van der Waals surface area contributed by atoms with Crippen molar-refractivity contribution in [2.75, 3.05) is 0 Å². The number of fused-ring (bicyclic) bond motifs is 1. The highest BCUT2D eigenvalue weighted by molar-refractivity contribution is 5.85. The minimum atomic E-state index is -0.377. The number of rotatable bonds is 2. The van der Waals surface area contributed by atoms with Gasteiger partial charge in [0.15, 0.2) is 0 Å². The largest absolute Gasteiger partial charge is 0.423 e. The Balaban J connectivity index is 2.29. The molecule has 1 aromatic heterocycles. The third kappa shape index (κ3) is 1.95. The maximum absolute atomic E-state index is 11.2. The van der Waals surface area contributed by atoms with Crippen molar-refractivity contribution in [3.05, 3.63) is 36.7 Å². The van der Waals surface area contributed by atoms with Crippen molar-refractivity contribution in [2.45, 2.75) is 6.92 Å². The van der Waals surface area contributed by atoms with E-state index in [1.807, 2.05) is 17.7 Å². The van der Waals surface area contributed by atoms with Crippen LogP contribution in [0, 0.1) is 0 Å². The highest BCUT2D eigenvalue weighted by Gasteiger charge is 2.04. The van der Waals surface area contributed by atoms with E-state index in [0.717, 1.165) is 11.0 Å². The van der Waals surface area contributed by atoms with Crippen LogP contribution in [0.5, 0.6) is 5.75 Å². The van der Waals surface area contributed by atoms with Crippen LogP contribution in [0.4, 0.5) is 0 Å². The minimum Gasteiger partial charge on any atom is -0.423 e. The lowest BCUT2D eigenvalue weighted by molar-refractivity contribution is -0.128. The molecule has 4 heteroatoms. The smallest absolute Gasteiger partial charge is 0.335 e. The van der Waals surface area contributed by atoms with Gasteiger partial charge in [0, 0.05) is 19.2 Å². The van der Waals surface area contributed by atoms with E-state index >= 15 is 0 Å². The van der Waals surface area contributed by atoms with Crippen molar-refractivity contribution in [2.24, 2.45) is 7.05 Å². The number of nitrogens with zero attached hydrogens (tertiary/aromatic N) is 2. The molecule has 0 fully saturated rings. The highest BCUT2D eigenvalue weighted by atomic mass is 16.5. The first-order valence-electron chi connectivity index (χ1n) is 4.96. The Morgan fingerprint density at radius 3 is 3.06 bits per heavy atom. The molecule has 0 radical (unpaired) electrons. The molecule has 0 N–H and O–H groups in total. The summed E-state index contributed by atoms with van der Waals surface area (Å²) in [5.41, 5.74) is 1.82. The molecule has 0 atom stereocenters. The molecule has 82 valence electrons. The fourth-order valence-electron chi connectivity index (χ4n) is 1.47. The lowest BCUT2D eigenvalue weighted by Crippen LogP contribution is -2.03. The molecule has 2 rings (SSSR count). The van der Waals surface area contributed by atoms with E-state index in [-0.39, 0.29) is 5.97 Å². The Hall–Kier alpha value is -2.10. The number of ether oxygens (including phenoxy) is 1. The van der Waals surface area contributed by atoms with Crippen LogP contribution in [-0.2, 0) is 11.8 Å². The Morgan fingerprint density at radius 1 is 1.50 bits per heavy atom. The predicted molar refractivity (Wildman–Crippen MR) is 61.2 cm³/mol. The number of esters is 1. The third-order valence-corrected chi connectivity index (χ3v) is 2.22. The molecule has 0 bridgehead atoms. The van der Waals surface area contributed by atoms with Gasteiger partial charge in [-0.2, -0.15) is 0 Å². The summed E-state index contributed by atoms with van der Waals surface area (Å²) in [6.07, 6.45) is 4.74. The van der Waals surface area contributed by atoms with Crippen molar-refractivity contribution >= 4 is 17.0 Å². The van der Waals surface area contributed by atoms with Crippen LogP contribution >= 0.6 is 0 Å². The molecular weight excluding hydrogens is 204 g/mol. The Morgan fingerprint density at radius 2 is 2.31 bits per heavy atom. The van der Waals surface area contributed by atoms with Crippen LogP contribution < -0.4 is 4.74 Å². The van der Waals surface area contributed by atoms with E-state index in [4.69, 9.17) is 4.74 Å². The second-order valence-corrected chi connectivity index (χ2v) is 3.43. The first kappa shape index (κ1) is 10.4. The van der Waals surface area contributed by atoms with Crippen LogP contribution in [-0.4, -0.2) is 15.5 Å². The first-order valence-corrected chi connectivity index (χ1v) is 4.96. The molecule has 1 heterocycles. The number of hydrogen-bond acceptors (Lipinski definition) is 3. The molecule has 0 aliphatic carbocycles. The summed E-state index contributed by atoms with van der Waals surface area (Å²) in [7, 11) is 1.92. The second-order valence-electron chi connectivity index (χ2n) is 3.43. The molecular formula is C12H12N2O2. The zero-order valence-corrected chi connectivity index (χ0v) is 9.18. The maximum atomic E-state index is 11.2. The summed E-state index contributed by atoms with van der Waals surface area (Å²) in [5.74, 6) is 0.132. The monoisotopic (exact) mass is 216 g/mol. The van der Waals surface area contributed by atoms with E-state index in [2.05, 4.69) is 4.98 Å². The summed E-state index contributed by atoms with van der Waals surface area (Å²) in [6, 6.07) is 5.38. The van der Waals surface area contributed by atoms with Gasteiger partial charge in [0.1, 0.15) is 5.75 Å². The van der Waals surface area contributed by atoms with Crippen molar-refractivity contribution < 1.29 is 9.53 Å². The van der Waals surface area contributed by atoms with E-state index in [9.17, 15) is 4.79 Å². The molecule has 0 aliphatic rings. The van der Waals surface area contributed by atoms with Crippen LogP contribution in [0.25, 0.3) is 11.0 Å². The topological polar surface area (TPSA) is 44.1 Å². The molecule has 0 spiro atoms. The Kier molecular flexibility index (Phi) is 2.72. The fourth-order valence-corrected chi connectivity index (χ4v) is 1.47. The van der Waals surface area contributed by atoms with Crippen LogP contribution in [0.1, 0.15) is 6.92 Å². The highest BCUT2D eigenvalue weighted by Crippen LogP contribution is 2.19. The zero-order chi connectivity index (χ0) is 11.5. The van der Waals surface area contributed by atoms with Gasteiger partial charge >= 0.3 is 5.97 Å². The number of aryl methyl sites for hydroxylation is 1. The van der Waals surface area contributed by atoms with Gasteiger partial charge in [-0.25, -0.2) is 9.78 Å². The maximum Gasteiger partial charge on any atom is 0.335 e. The zero-order valence-electron chi connectivity index (χ0n) is 9.18. The van der Waals surface area contributed by atoms with Gasteiger partial charge in [-0.3, -0.25) is 0 Å². The first-order chi connectivity index (χ1) is 7.70. The molecule has 16 heavy (non-hydrogen) atoms. The van der Waals surface area contributed by atoms with Crippen molar-refractivity contribution in [3.63, 3.8) is 0 Å². The minimum absolute atomic E-state index is 0.377. The van der Waals surface area contributed by atoms with Gasteiger partial charge in [0.25, 0.3) is 0 Å². The molecule has 0 amide bonds. The number of hydrogen-bond donors (Lipinski definition) is 0. The van der Waals surface area contributed by atoms with Crippen LogP contribution in [0.3, 0.4) is 0 Å². The summed E-state index contributed by atoms with van der Waals surface area (Å²) in [6.45, 7) is 1.77. The number of carbonyl (C=O) groups excluding carboxylic acids is 1. The number of allylic oxidation sites excluding steroid dienone is 1. The fraction of sp³-hybridized carbons (Fsp3) is 0.167. The summed E-state index contributed by atoms with van der Waals surface area (Å²) < 4.78 is 7.01. The van der Waals surface area contributed by atoms with Gasteiger partial charge in [0.05, 0.1) is 17.4 Å². The van der Waals surface area contributed by atoms with Gasteiger partial charge in [-0.1, -0.05) is 6.08 Å². The summed E-state index contributed by atoms with van der Waals surface area (Å²) in [5, 5.41) is 0. The van der Waals surface area contributed by atoms with E-state index < -0.39 is 0 Å². The van der Waals surface area contributed by atoms with Crippen LogP contribution in [0.15, 0.2) is 36.7 Å². The van der Waals surface area contributed by atoms with E-state index in [1.165, 1.54) is 6.08 Å². The number of imidazole rings is 1.